The summed E-state index contributed by atoms with van der Waals surface area (Å²) in [4.78, 5) is 2.23. The van der Waals surface area contributed by atoms with Gasteiger partial charge in [-0.3, -0.25) is 0 Å². The standard InChI is InChI=1S/C14H18N2O2/c1-18-10-12-4-5-16(8-12)14-3-2-11(9-17)6-13(14)7-15/h2-3,6,12,17H,4-5,8-10H2,1H3. The summed E-state index contributed by atoms with van der Waals surface area (Å²) in [6, 6.07) is 7.78. The van der Waals surface area contributed by atoms with Gasteiger partial charge in [-0.1, -0.05) is 6.07 Å². The van der Waals surface area contributed by atoms with E-state index in [4.69, 9.17) is 9.84 Å². The number of aliphatic hydroxyl groups is 1. The highest BCUT2D eigenvalue weighted by molar-refractivity contribution is 5.61. The molecule has 1 aliphatic rings. The minimum Gasteiger partial charge on any atom is -0.392 e. The Morgan fingerprint density at radius 2 is 2.39 bits per heavy atom. The molecule has 1 aromatic carbocycles. The highest BCUT2D eigenvalue weighted by Gasteiger charge is 2.24. The Bertz CT molecular complexity index is 454. The zero-order chi connectivity index (χ0) is 13.0. The predicted octanol–water partition coefficient (Wildman–Crippen LogP) is 1.52. The molecular formula is C14H18N2O2. The van der Waals surface area contributed by atoms with Crippen molar-refractivity contribution in [1.82, 2.24) is 0 Å². The van der Waals surface area contributed by atoms with Crippen LogP contribution in [0.3, 0.4) is 0 Å². The Labute approximate surface area is 107 Å². The van der Waals surface area contributed by atoms with Crippen LogP contribution in [0.25, 0.3) is 0 Å². The third-order valence-electron chi connectivity index (χ3n) is 3.39. The Morgan fingerprint density at radius 1 is 1.56 bits per heavy atom. The first-order valence-corrected chi connectivity index (χ1v) is 6.16. The zero-order valence-electron chi connectivity index (χ0n) is 10.6. The topological polar surface area (TPSA) is 56.5 Å². The van der Waals surface area contributed by atoms with E-state index < -0.39 is 0 Å². The fourth-order valence-corrected chi connectivity index (χ4v) is 2.47. The lowest BCUT2D eigenvalue weighted by atomic mass is 10.1. The van der Waals surface area contributed by atoms with Crippen LogP contribution in [0, 0.1) is 17.2 Å². The summed E-state index contributed by atoms with van der Waals surface area (Å²) < 4.78 is 5.18. The van der Waals surface area contributed by atoms with Gasteiger partial charge >= 0.3 is 0 Å². The Kier molecular flexibility index (Phi) is 4.19. The maximum Gasteiger partial charge on any atom is 0.101 e. The normalized spacial score (nSPS) is 18.9. The first-order valence-electron chi connectivity index (χ1n) is 6.16. The fourth-order valence-electron chi connectivity index (χ4n) is 2.47. The highest BCUT2D eigenvalue weighted by atomic mass is 16.5. The van der Waals surface area contributed by atoms with E-state index in [0.29, 0.717) is 11.5 Å². The lowest BCUT2D eigenvalue weighted by Crippen LogP contribution is -2.21. The van der Waals surface area contributed by atoms with Gasteiger partial charge in [0.25, 0.3) is 0 Å². The molecule has 1 aromatic rings. The molecule has 2 rings (SSSR count). The van der Waals surface area contributed by atoms with Crippen molar-refractivity contribution in [2.45, 2.75) is 13.0 Å². The van der Waals surface area contributed by atoms with E-state index in [-0.39, 0.29) is 6.61 Å². The zero-order valence-corrected chi connectivity index (χ0v) is 10.6. The summed E-state index contributed by atoms with van der Waals surface area (Å²) in [5.41, 5.74) is 2.39. The number of anilines is 1. The van der Waals surface area contributed by atoms with E-state index in [1.54, 1.807) is 13.2 Å². The van der Waals surface area contributed by atoms with Crippen LogP contribution in [-0.4, -0.2) is 31.9 Å². The van der Waals surface area contributed by atoms with Gasteiger partial charge in [-0.15, -0.1) is 0 Å². The van der Waals surface area contributed by atoms with E-state index >= 15 is 0 Å². The van der Waals surface area contributed by atoms with Crippen LogP contribution < -0.4 is 4.90 Å². The van der Waals surface area contributed by atoms with Gasteiger partial charge in [0.15, 0.2) is 0 Å². The third-order valence-corrected chi connectivity index (χ3v) is 3.39. The molecule has 0 saturated carbocycles. The van der Waals surface area contributed by atoms with Gasteiger partial charge in [-0.25, -0.2) is 0 Å². The Morgan fingerprint density at radius 3 is 3.06 bits per heavy atom. The van der Waals surface area contributed by atoms with Crippen molar-refractivity contribution in [3.05, 3.63) is 29.3 Å². The molecule has 4 nitrogen and oxygen atoms in total. The summed E-state index contributed by atoms with van der Waals surface area (Å²) in [6.45, 7) is 2.64. The smallest absolute Gasteiger partial charge is 0.101 e. The predicted molar refractivity (Wildman–Crippen MR) is 69.3 cm³/mol. The number of hydrogen-bond donors (Lipinski definition) is 1. The number of rotatable bonds is 4. The van der Waals surface area contributed by atoms with Crippen LogP contribution in [0.1, 0.15) is 17.5 Å². The summed E-state index contributed by atoms with van der Waals surface area (Å²) in [6.07, 6.45) is 1.10. The molecule has 0 bridgehead atoms. The molecule has 1 heterocycles. The van der Waals surface area contributed by atoms with Gasteiger partial charge in [-0.05, 0) is 24.1 Å². The largest absolute Gasteiger partial charge is 0.392 e. The molecule has 4 heteroatoms. The van der Waals surface area contributed by atoms with Crippen molar-refractivity contribution >= 4 is 5.69 Å². The quantitative estimate of drug-likeness (QED) is 0.875. The van der Waals surface area contributed by atoms with Gasteiger partial charge in [0.1, 0.15) is 6.07 Å². The molecule has 1 N–H and O–H groups in total. The minimum atomic E-state index is -0.0265. The van der Waals surface area contributed by atoms with Crippen LogP contribution in [-0.2, 0) is 11.3 Å². The van der Waals surface area contributed by atoms with Crippen molar-refractivity contribution in [3.63, 3.8) is 0 Å². The van der Waals surface area contributed by atoms with Crippen molar-refractivity contribution in [2.24, 2.45) is 5.92 Å². The molecule has 1 atom stereocenters. The number of nitriles is 1. The van der Waals surface area contributed by atoms with Gasteiger partial charge < -0.3 is 14.7 Å². The molecule has 0 amide bonds. The summed E-state index contributed by atoms with van der Waals surface area (Å²) in [7, 11) is 1.72. The molecule has 0 radical (unpaired) electrons. The monoisotopic (exact) mass is 246 g/mol. The van der Waals surface area contributed by atoms with Crippen molar-refractivity contribution < 1.29 is 9.84 Å². The lowest BCUT2D eigenvalue weighted by molar-refractivity contribution is 0.161. The van der Waals surface area contributed by atoms with E-state index in [0.717, 1.165) is 37.4 Å². The van der Waals surface area contributed by atoms with E-state index in [1.807, 2.05) is 12.1 Å². The van der Waals surface area contributed by atoms with Crippen LogP contribution in [0.15, 0.2) is 18.2 Å². The molecule has 0 aromatic heterocycles. The molecular weight excluding hydrogens is 228 g/mol. The average molecular weight is 246 g/mol. The summed E-state index contributed by atoms with van der Waals surface area (Å²) in [5, 5.41) is 18.3. The Hall–Kier alpha value is -1.57. The van der Waals surface area contributed by atoms with Crippen LogP contribution in [0.2, 0.25) is 0 Å². The summed E-state index contributed by atoms with van der Waals surface area (Å²) >= 11 is 0. The van der Waals surface area contributed by atoms with Crippen molar-refractivity contribution in [1.29, 1.82) is 5.26 Å². The van der Waals surface area contributed by atoms with E-state index in [1.165, 1.54) is 0 Å². The number of benzene rings is 1. The van der Waals surface area contributed by atoms with Crippen LogP contribution >= 0.6 is 0 Å². The molecule has 1 unspecified atom stereocenters. The van der Waals surface area contributed by atoms with Crippen molar-refractivity contribution in [3.8, 4) is 6.07 Å². The molecule has 1 fully saturated rings. The lowest BCUT2D eigenvalue weighted by Gasteiger charge is -2.20. The van der Waals surface area contributed by atoms with Crippen molar-refractivity contribution in [2.75, 3.05) is 31.7 Å². The average Bonchev–Trinajstić information content (AvgIpc) is 2.87. The Balaban J connectivity index is 2.17. The minimum absolute atomic E-state index is 0.0265. The number of methoxy groups -OCH3 is 1. The SMILES string of the molecule is COCC1CCN(c2ccc(CO)cc2C#N)C1. The molecule has 96 valence electrons. The molecule has 18 heavy (non-hydrogen) atoms. The maximum atomic E-state index is 9.19. The fraction of sp³-hybridized carbons (Fsp3) is 0.500. The maximum absolute atomic E-state index is 9.19. The molecule has 0 spiro atoms. The first-order chi connectivity index (χ1) is 8.78. The molecule has 0 aliphatic carbocycles. The second-order valence-corrected chi connectivity index (χ2v) is 4.68. The van der Waals surface area contributed by atoms with Gasteiger partial charge in [0.2, 0.25) is 0 Å². The molecule has 1 aliphatic heterocycles. The number of nitrogens with zero attached hydrogens (tertiary/aromatic N) is 2. The number of aliphatic hydroxyl groups excluding tert-OH is 1. The second kappa shape index (κ2) is 5.85. The third kappa shape index (κ3) is 2.63. The number of hydrogen-bond acceptors (Lipinski definition) is 4. The van der Waals surface area contributed by atoms with Crippen LogP contribution in [0.4, 0.5) is 5.69 Å². The van der Waals surface area contributed by atoms with E-state index in [9.17, 15) is 5.26 Å². The summed E-state index contributed by atoms with van der Waals surface area (Å²) in [5.74, 6) is 0.541. The van der Waals surface area contributed by atoms with Gasteiger partial charge in [0.05, 0.1) is 24.5 Å². The first kappa shape index (κ1) is 12.9. The van der Waals surface area contributed by atoms with Gasteiger partial charge in [0, 0.05) is 26.1 Å². The number of ether oxygens (including phenoxy) is 1. The van der Waals surface area contributed by atoms with Gasteiger partial charge in [-0.2, -0.15) is 5.26 Å². The highest BCUT2D eigenvalue weighted by Crippen LogP contribution is 2.27. The second-order valence-electron chi connectivity index (χ2n) is 4.68. The van der Waals surface area contributed by atoms with E-state index in [2.05, 4.69) is 11.0 Å². The van der Waals surface area contributed by atoms with Crippen LogP contribution in [0.5, 0.6) is 0 Å². The molecule has 1 saturated heterocycles.